The molecule has 4 heteroatoms. The maximum absolute atomic E-state index is 6.11. The summed E-state index contributed by atoms with van der Waals surface area (Å²) in [5, 5.41) is 0.669. The zero-order chi connectivity index (χ0) is 10.7. The van der Waals surface area contributed by atoms with Gasteiger partial charge in [-0.2, -0.15) is 0 Å². The summed E-state index contributed by atoms with van der Waals surface area (Å²) >= 11 is 6.11. The van der Waals surface area contributed by atoms with Crippen LogP contribution in [0.4, 0.5) is 0 Å². The van der Waals surface area contributed by atoms with Gasteiger partial charge >= 0.3 is 0 Å². The second-order valence-electron chi connectivity index (χ2n) is 3.57. The lowest BCUT2D eigenvalue weighted by Gasteiger charge is -2.19. The summed E-state index contributed by atoms with van der Waals surface area (Å²) in [5.74, 6) is 0.763. The third kappa shape index (κ3) is 2.43. The van der Waals surface area contributed by atoms with Crippen molar-refractivity contribution in [2.24, 2.45) is 5.73 Å². The van der Waals surface area contributed by atoms with Crippen LogP contribution in [-0.4, -0.2) is 13.3 Å². The van der Waals surface area contributed by atoms with E-state index < -0.39 is 0 Å². The summed E-state index contributed by atoms with van der Waals surface area (Å²) in [4.78, 5) is 0. The molecule has 1 aliphatic heterocycles. The second kappa shape index (κ2) is 4.84. The molecule has 0 spiro atoms. The quantitative estimate of drug-likeness (QED) is 0.860. The van der Waals surface area contributed by atoms with Crippen LogP contribution in [0, 0.1) is 0 Å². The fourth-order valence-electron chi connectivity index (χ4n) is 1.68. The van der Waals surface area contributed by atoms with Crippen LogP contribution in [-0.2, 0) is 17.8 Å². The van der Waals surface area contributed by atoms with Crippen molar-refractivity contribution in [3.8, 4) is 5.75 Å². The molecule has 0 radical (unpaired) electrons. The fourth-order valence-corrected chi connectivity index (χ4v) is 2.00. The molecule has 3 nitrogen and oxygen atoms in total. The number of nitrogens with two attached hydrogens (primary N) is 1. The molecule has 2 N–H and O–H groups in total. The molecule has 0 aromatic heterocycles. The smallest absolute Gasteiger partial charge is 0.189 e. The van der Waals surface area contributed by atoms with E-state index in [1.165, 1.54) is 5.56 Å². The Morgan fingerprint density at radius 1 is 1.40 bits per heavy atom. The number of hydrogen-bond donors (Lipinski definition) is 1. The number of ether oxygens (including phenoxy) is 2. The van der Waals surface area contributed by atoms with Gasteiger partial charge in [-0.15, -0.1) is 0 Å². The van der Waals surface area contributed by atoms with E-state index >= 15 is 0 Å². The van der Waals surface area contributed by atoms with Gasteiger partial charge in [0.2, 0.25) is 0 Å². The van der Waals surface area contributed by atoms with Gasteiger partial charge in [-0.1, -0.05) is 11.6 Å². The van der Waals surface area contributed by atoms with Crippen LogP contribution >= 0.6 is 11.6 Å². The topological polar surface area (TPSA) is 44.5 Å². The van der Waals surface area contributed by atoms with Crippen LogP contribution in [0.1, 0.15) is 17.5 Å². The first-order chi connectivity index (χ1) is 7.31. The van der Waals surface area contributed by atoms with E-state index in [-0.39, 0.29) is 6.79 Å². The molecule has 1 aliphatic rings. The molecule has 1 heterocycles. The minimum atomic E-state index is 0.287. The maximum atomic E-state index is 6.11. The van der Waals surface area contributed by atoms with Crippen LogP contribution < -0.4 is 10.5 Å². The van der Waals surface area contributed by atoms with Crippen molar-refractivity contribution in [3.63, 3.8) is 0 Å². The lowest BCUT2D eigenvalue weighted by molar-refractivity contribution is -0.0163. The fraction of sp³-hybridized carbons (Fsp3) is 0.455. The summed E-state index contributed by atoms with van der Waals surface area (Å²) in [6, 6.07) is 4.03. The Morgan fingerprint density at radius 3 is 3.07 bits per heavy atom. The molecular weight excluding hydrogens is 214 g/mol. The molecule has 0 fully saturated rings. The van der Waals surface area contributed by atoms with E-state index in [0.717, 1.165) is 24.2 Å². The number of benzene rings is 1. The Labute approximate surface area is 94.1 Å². The van der Waals surface area contributed by atoms with E-state index in [9.17, 15) is 0 Å². The number of aryl methyl sites for hydroxylation is 1. The molecule has 2 rings (SSSR count). The van der Waals surface area contributed by atoms with Crippen molar-refractivity contribution in [2.75, 3.05) is 13.3 Å². The van der Waals surface area contributed by atoms with Gasteiger partial charge in [-0.3, -0.25) is 0 Å². The second-order valence-corrected chi connectivity index (χ2v) is 3.98. The van der Waals surface area contributed by atoms with Crippen molar-refractivity contribution in [1.82, 2.24) is 0 Å². The molecule has 15 heavy (non-hydrogen) atoms. The van der Waals surface area contributed by atoms with Gasteiger partial charge in [0, 0.05) is 5.56 Å². The summed E-state index contributed by atoms with van der Waals surface area (Å²) in [6.45, 7) is 1.56. The Bertz CT molecular complexity index is 355. The molecule has 0 aliphatic carbocycles. The van der Waals surface area contributed by atoms with Gasteiger partial charge in [0.1, 0.15) is 5.75 Å². The van der Waals surface area contributed by atoms with Gasteiger partial charge < -0.3 is 15.2 Å². The van der Waals surface area contributed by atoms with Gasteiger partial charge in [-0.25, -0.2) is 0 Å². The monoisotopic (exact) mass is 227 g/mol. The van der Waals surface area contributed by atoms with Crippen LogP contribution in [0.15, 0.2) is 12.1 Å². The number of fused-ring (bicyclic) bond motifs is 1. The van der Waals surface area contributed by atoms with Crippen LogP contribution in [0.5, 0.6) is 5.75 Å². The van der Waals surface area contributed by atoms with Crippen LogP contribution in [0.3, 0.4) is 0 Å². The Hall–Kier alpha value is -0.770. The summed E-state index contributed by atoms with van der Waals surface area (Å²) in [7, 11) is 0. The highest BCUT2D eigenvalue weighted by Crippen LogP contribution is 2.33. The van der Waals surface area contributed by atoms with Gasteiger partial charge in [0.25, 0.3) is 0 Å². The lowest BCUT2D eigenvalue weighted by Crippen LogP contribution is -2.12. The largest absolute Gasteiger partial charge is 0.466 e. The average Bonchev–Trinajstić information content (AvgIpc) is 2.26. The Morgan fingerprint density at radius 2 is 2.27 bits per heavy atom. The molecule has 0 saturated carbocycles. The molecule has 0 bridgehead atoms. The van der Waals surface area contributed by atoms with Gasteiger partial charge in [0.15, 0.2) is 6.79 Å². The zero-order valence-corrected chi connectivity index (χ0v) is 9.22. The third-order valence-electron chi connectivity index (χ3n) is 2.39. The van der Waals surface area contributed by atoms with Crippen molar-refractivity contribution in [2.45, 2.75) is 19.4 Å². The minimum absolute atomic E-state index is 0.287. The summed E-state index contributed by atoms with van der Waals surface area (Å²) < 4.78 is 10.5. The molecule has 0 saturated heterocycles. The first-order valence-electron chi connectivity index (χ1n) is 5.03. The predicted octanol–water partition coefficient (Wildman–Crippen LogP) is 2.10. The molecule has 0 unspecified atom stereocenters. The highest BCUT2D eigenvalue weighted by Gasteiger charge is 2.15. The van der Waals surface area contributed by atoms with E-state index in [1.807, 2.05) is 6.07 Å². The molecule has 1 aromatic carbocycles. The van der Waals surface area contributed by atoms with Crippen molar-refractivity contribution in [1.29, 1.82) is 0 Å². The summed E-state index contributed by atoms with van der Waals surface area (Å²) in [6.07, 6.45) is 1.92. The van der Waals surface area contributed by atoms with E-state index in [4.69, 9.17) is 26.8 Å². The molecule has 1 aromatic rings. The lowest BCUT2D eigenvalue weighted by atomic mass is 10.1. The normalized spacial score (nSPS) is 14.5. The van der Waals surface area contributed by atoms with E-state index in [2.05, 4.69) is 6.07 Å². The molecule has 0 amide bonds. The summed E-state index contributed by atoms with van der Waals surface area (Å²) in [5.41, 5.74) is 7.69. The molecule has 82 valence electrons. The van der Waals surface area contributed by atoms with Crippen LogP contribution in [0.2, 0.25) is 5.02 Å². The van der Waals surface area contributed by atoms with Gasteiger partial charge in [-0.05, 0) is 37.1 Å². The highest BCUT2D eigenvalue weighted by atomic mass is 35.5. The maximum Gasteiger partial charge on any atom is 0.189 e. The van der Waals surface area contributed by atoms with Crippen molar-refractivity contribution < 1.29 is 9.47 Å². The highest BCUT2D eigenvalue weighted by molar-refractivity contribution is 6.32. The number of rotatable bonds is 3. The predicted molar refractivity (Wildman–Crippen MR) is 59.1 cm³/mol. The SMILES string of the molecule is NCCCc1cc(Cl)c2c(c1)COCO2. The number of hydrogen-bond acceptors (Lipinski definition) is 3. The third-order valence-corrected chi connectivity index (χ3v) is 2.67. The zero-order valence-electron chi connectivity index (χ0n) is 8.46. The Balaban J connectivity index is 2.24. The molecule has 0 atom stereocenters. The minimum Gasteiger partial charge on any atom is -0.466 e. The van der Waals surface area contributed by atoms with E-state index in [0.29, 0.717) is 18.2 Å². The van der Waals surface area contributed by atoms with Crippen LogP contribution in [0.25, 0.3) is 0 Å². The first-order valence-corrected chi connectivity index (χ1v) is 5.41. The van der Waals surface area contributed by atoms with Crippen molar-refractivity contribution in [3.05, 3.63) is 28.3 Å². The first kappa shape index (κ1) is 10.7. The van der Waals surface area contributed by atoms with Gasteiger partial charge in [0.05, 0.1) is 11.6 Å². The Kier molecular flexibility index (Phi) is 3.46. The number of halogens is 1. The standard InChI is InChI=1S/C11H14ClNO2/c12-10-5-8(2-1-3-13)4-9-6-14-7-15-11(9)10/h4-5H,1-3,6-7,13H2. The molecular formula is C11H14ClNO2. The van der Waals surface area contributed by atoms with E-state index in [1.54, 1.807) is 0 Å². The average molecular weight is 228 g/mol. The van der Waals surface area contributed by atoms with Crippen molar-refractivity contribution >= 4 is 11.6 Å².